The summed E-state index contributed by atoms with van der Waals surface area (Å²) in [5.74, 6) is 8.89. The minimum absolute atomic E-state index is 0.0751. The molecule has 0 amide bonds. The normalized spacial score (nSPS) is 11.6. The van der Waals surface area contributed by atoms with Gasteiger partial charge in [0.2, 0.25) is 0 Å². The maximum atomic E-state index is 13.3. The number of rotatable bonds is 28. The minimum atomic E-state index is -0.292. The second-order valence-corrected chi connectivity index (χ2v) is 41.5. The van der Waals surface area contributed by atoms with Crippen molar-refractivity contribution in [3.8, 4) is 80.5 Å². The fourth-order valence-electron chi connectivity index (χ4n) is 12.9. The van der Waals surface area contributed by atoms with E-state index in [1.807, 2.05) is 134 Å². The molecule has 0 aliphatic heterocycles. The van der Waals surface area contributed by atoms with Crippen LogP contribution in [0.25, 0.3) is 0 Å². The Labute approximate surface area is 827 Å². The van der Waals surface area contributed by atoms with Crippen molar-refractivity contribution >= 4 is 223 Å². The molecule has 0 aliphatic carbocycles. The van der Waals surface area contributed by atoms with Gasteiger partial charge in [-0.2, -0.15) is 88.4 Å². The first-order valence-electron chi connectivity index (χ1n) is 41.3. The number of aromatic hydroxyl groups is 7. The third-order valence-corrected chi connectivity index (χ3v) is 32.4. The van der Waals surface area contributed by atoms with E-state index in [0.29, 0.717) is 137 Å². The van der Waals surface area contributed by atoms with Gasteiger partial charge in [-0.3, -0.25) is 0 Å². The number of aryl methyl sites for hydroxylation is 3. The molecular weight excluding hydrogens is 1920 g/mol. The third kappa shape index (κ3) is 32.7. The Morgan fingerprint density at radius 2 is 0.606 bits per heavy atom. The number of benzene rings is 14. The first-order valence-corrected chi connectivity index (χ1v) is 52.5. The average Bonchev–Trinajstić information content (AvgIpc) is 0.843. The number of methoxy groups -OCH3 is 7. The Morgan fingerprint density at radius 3 is 1.06 bits per heavy atom. The summed E-state index contributed by atoms with van der Waals surface area (Å²) in [4.78, 5) is 0. The summed E-state index contributed by atoms with van der Waals surface area (Å²) in [7, 11) is 13.6. The van der Waals surface area contributed by atoms with Gasteiger partial charge in [0.05, 0.1) is 49.8 Å². The monoisotopic (exact) mass is 2030 g/mol. The first-order chi connectivity index (χ1) is 63.6. The van der Waals surface area contributed by atoms with E-state index in [1.165, 1.54) is 91.8 Å². The van der Waals surface area contributed by atoms with Crippen molar-refractivity contribution in [1.29, 1.82) is 0 Å². The van der Waals surface area contributed by atoms with Crippen LogP contribution in [0.1, 0.15) is 80.0 Å². The van der Waals surface area contributed by atoms with Crippen LogP contribution in [0, 0.1) is 26.6 Å². The molecule has 14 rings (SSSR count). The molecule has 7 N–H and O–H groups in total. The molecule has 0 fully saturated rings. The maximum absolute atomic E-state index is 13.3. The van der Waals surface area contributed by atoms with Gasteiger partial charge >= 0.3 is 0 Å². The zero-order valence-corrected chi connectivity index (χ0v) is 88.4. The van der Waals surface area contributed by atoms with Gasteiger partial charge in [0.1, 0.15) is 51.8 Å². The molecule has 0 spiro atoms. The number of phenolic OH excluding ortho intramolecular Hbond substituents is 7. The van der Waals surface area contributed by atoms with Crippen molar-refractivity contribution in [2.45, 2.75) is 73.9 Å². The molecule has 0 saturated heterocycles. The van der Waals surface area contributed by atoms with E-state index in [9.17, 15) is 40.1 Å². The average molecular weight is 2040 g/mol. The molecule has 0 heterocycles. The summed E-state index contributed by atoms with van der Waals surface area (Å²) in [5, 5.41) is 85.1. The zero-order valence-electron chi connectivity index (χ0n) is 75.2. The fraction of sp³-hybridized carbons (Fsp3) is 0.184. The molecule has 0 bridgehead atoms. The fourth-order valence-corrected chi connectivity index (χ4v) is 24.6. The highest BCUT2D eigenvalue weighted by Gasteiger charge is 2.20. The standard InChI is InChI=1S/C15H16FO3PS.C15H17O3PS.2C15H17O2PS.C15H17OPS.C14H15O2PS.C14H15OPS/c1-18-11-6-12(19-2)15(17)14(7-11)20-13-4-3-10(16)5-9(13)8-21;1-17-11-7-12(18-2)15(16)14(8-11)19-13-6-4-3-5-10(13)9-20;1-10-3-6-14(11(7-10)9-19)18-15-8-12(17-2)4-5-13(15)16;1-10-5-3-6-11(9-19)15(10)18-13-8-4-7-12(17-2)14(13)16;1-10-6-5-9-14(15(10)16)17-13-8-4-3-7-12(13)11(2)18;1-16-11-6-7-12(15)14(8-11)17-13-5-3-2-4-10(13)9-18;1-10(17)11-6-2-4-8-13(11)16-14-9-5-3-7-12(14)15/h3-7,17,20-21H,8H2,1-2H3;3-8,16,19-20H,9H2,1-2H3;2*3-8,16,18-19H,9H2,1-2H3;3-9,11,16-18H,1-2H3;2-8,15,17-18H,9H2,1H3;2-10,15-17H,1H3. The Bertz CT molecular complexity index is 6060. The SMILES string of the molecule is CC(S)c1ccccc1Pc1ccccc1O.COc1cc(OC)c(O)c(Pc2ccc(F)cc2CS)c1.COc1cc(OC)c(O)c(Pc2ccccc2CS)c1.COc1ccc(O)c(Pc2ccc(C)cc2CS)c1.COc1ccc(O)c(Pc2ccccc2CS)c1.COc1cccc(Pc2c(C)cccc2CS)c1O.Cc1cccc(Pc2ccccc2C(C)S)c1O. The predicted octanol–water partition coefficient (Wildman–Crippen LogP) is 19.4. The zero-order chi connectivity index (χ0) is 95.9. The van der Waals surface area contributed by atoms with Gasteiger partial charge in [0.25, 0.3) is 0 Å². The van der Waals surface area contributed by atoms with Gasteiger partial charge in [0.15, 0.2) is 34.5 Å². The first kappa shape index (κ1) is 109. The highest BCUT2D eigenvalue weighted by Crippen LogP contribution is 2.38. The number of hydrogen-bond acceptors (Lipinski definition) is 21. The highest BCUT2D eigenvalue weighted by molar-refractivity contribution is 7.81. The van der Waals surface area contributed by atoms with Gasteiger partial charge in [0, 0.05) is 88.5 Å². The molecule has 0 radical (unpaired) electrons. The van der Waals surface area contributed by atoms with E-state index >= 15 is 0 Å². The molecule has 29 heteroatoms. The van der Waals surface area contributed by atoms with Crippen molar-refractivity contribution in [3.05, 3.63) is 334 Å². The summed E-state index contributed by atoms with van der Waals surface area (Å²) >= 11 is 30.6. The quantitative estimate of drug-likeness (QED) is 0.0163. The van der Waals surface area contributed by atoms with Crippen LogP contribution in [0.2, 0.25) is 0 Å². The lowest BCUT2D eigenvalue weighted by atomic mass is 10.2. The number of phenols is 7. The third-order valence-electron chi connectivity index (χ3n) is 20.0. The van der Waals surface area contributed by atoms with E-state index in [-0.39, 0.29) is 42.1 Å². The van der Waals surface area contributed by atoms with E-state index in [1.54, 1.807) is 96.2 Å². The lowest BCUT2D eigenvalue weighted by Crippen LogP contribution is -2.12. The van der Waals surface area contributed by atoms with Crippen molar-refractivity contribution in [3.63, 3.8) is 0 Å². The molecule has 9 unspecified atom stereocenters. The number of halogens is 1. The number of hydrogen-bond donors (Lipinski definition) is 14. The van der Waals surface area contributed by atoms with Crippen molar-refractivity contribution in [1.82, 2.24) is 0 Å². The molecule has 9 atom stereocenters. The van der Waals surface area contributed by atoms with Crippen molar-refractivity contribution in [2.75, 3.05) is 49.8 Å². The van der Waals surface area contributed by atoms with E-state index < -0.39 is 0 Å². The summed E-state index contributed by atoms with van der Waals surface area (Å²) < 4.78 is 49.6. The number of thiol groups is 7. The summed E-state index contributed by atoms with van der Waals surface area (Å²) in [6.07, 6.45) is 0. The molecule has 14 aromatic carbocycles. The van der Waals surface area contributed by atoms with Crippen LogP contribution in [0.5, 0.6) is 80.5 Å². The van der Waals surface area contributed by atoms with Gasteiger partial charge in [-0.25, -0.2) is 4.39 Å². The Kier molecular flexibility index (Phi) is 47.0. The molecular formula is C103H114FO14P7S7. The van der Waals surface area contributed by atoms with Crippen LogP contribution in [-0.4, -0.2) is 85.5 Å². The van der Waals surface area contributed by atoms with Gasteiger partial charge in [-0.15, -0.1) is 0 Å². The Morgan fingerprint density at radius 1 is 0.265 bits per heavy atom. The summed E-state index contributed by atoms with van der Waals surface area (Å²) in [5.41, 5.74) is 11.4. The van der Waals surface area contributed by atoms with Crippen LogP contribution in [0.3, 0.4) is 0 Å². The van der Waals surface area contributed by atoms with Crippen molar-refractivity contribution in [2.24, 2.45) is 0 Å². The molecule has 132 heavy (non-hydrogen) atoms. The topological polar surface area (TPSA) is 206 Å². The molecule has 14 aromatic rings. The largest absolute Gasteiger partial charge is 0.507 e. The molecule has 14 nitrogen and oxygen atoms in total. The van der Waals surface area contributed by atoms with E-state index in [0.717, 1.165) is 70.6 Å². The van der Waals surface area contributed by atoms with Crippen LogP contribution < -0.4 is 107 Å². The van der Waals surface area contributed by atoms with Crippen LogP contribution in [0.4, 0.5) is 4.39 Å². The maximum Gasteiger partial charge on any atom is 0.165 e. The van der Waals surface area contributed by atoms with Crippen molar-refractivity contribution < 1.29 is 73.3 Å². The Hall–Kier alpha value is -8.33. The number of ether oxygens (including phenoxy) is 7. The molecule has 0 saturated carbocycles. The Balaban J connectivity index is 0.000000190. The molecule has 694 valence electrons. The highest BCUT2D eigenvalue weighted by atomic mass is 32.1. The smallest absolute Gasteiger partial charge is 0.165 e. The van der Waals surface area contributed by atoms with Crippen LogP contribution >= 0.6 is 148 Å². The van der Waals surface area contributed by atoms with Gasteiger partial charge < -0.3 is 68.9 Å². The van der Waals surface area contributed by atoms with Crippen LogP contribution in [-0.2, 0) is 28.8 Å². The van der Waals surface area contributed by atoms with E-state index in [4.69, 9.17) is 33.2 Å². The predicted molar refractivity (Wildman–Crippen MR) is 593 cm³/mol. The second-order valence-electron chi connectivity index (χ2n) is 29.1. The summed E-state index contributed by atoms with van der Waals surface area (Å²) in [6.45, 7) is 10.2. The lowest BCUT2D eigenvalue weighted by Gasteiger charge is -2.13. The lowest BCUT2D eigenvalue weighted by molar-refractivity contribution is 0.366. The van der Waals surface area contributed by atoms with E-state index in [2.05, 4.69) is 189 Å². The summed E-state index contributed by atoms with van der Waals surface area (Å²) in [6, 6.07) is 86.4. The molecule has 0 aromatic heterocycles. The second kappa shape index (κ2) is 56.9. The molecule has 0 aliphatic rings. The van der Waals surface area contributed by atoms with Gasteiger partial charge in [-0.05, 0) is 195 Å². The van der Waals surface area contributed by atoms with Gasteiger partial charge in [-0.1, -0.05) is 254 Å². The minimum Gasteiger partial charge on any atom is -0.507 e. The van der Waals surface area contributed by atoms with Crippen LogP contribution in [0.15, 0.2) is 273 Å². The number of para-hydroxylation sites is 3.